The van der Waals surface area contributed by atoms with Gasteiger partial charge in [-0.25, -0.2) is 14.8 Å². The molecule has 2 saturated heterocycles. The Balaban J connectivity index is 1.19. The molecule has 2 aromatic carbocycles. The van der Waals surface area contributed by atoms with Gasteiger partial charge in [0.2, 0.25) is 5.95 Å². The molecule has 1 aromatic heterocycles. The molecule has 10 heteroatoms. The van der Waals surface area contributed by atoms with Crippen molar-refractivity contribution in [2.24, 2.45) is 0 Å². The number of ether oxygens (including phenoxy) is 5. The third-order valence-corrected chi connectivity index (χ3v) is 5.94. The fourth-order valence-electron chi connectivity index (χ4n) is 4.19. The number of carbonyl (C=O) groups is 1. The molecule has 0 aliphatic carbocycles. The normalized spacial score (nSPS) is 22.8. The van der Waals surface area contributed by atoms with Crippen molar-refractivity contribution < 1.29 is 28.5 Å². The molecule has 2 fully saturated rings. The van der Waals surface area contributed by atoms with E-state index in [1.165, 1.54) is 0 Å². The Labute approximate surface area is 202 Å². The van der Waals surface area contributed by atoms with Gasteiger partial charge in [-0.2, -0.15) is 0 Å². The van der Waals surface area contributed by atoms with Gasteiger partial charge in [0.25, 0.3) is 0 Å². The van der Waals surface area contributed by atoms with Crippen molar-refractivity contribution >= 4 is 17.7 Å². The molecule has 2 aliphatic heterocycles. The Morgan fingerprint density at radius 3 is 2.57 bits per heavy atom. The number of hydrogen-bond donors (Lipinski definition) is 2. The molecule has 10 nitrogen and oxygen atoms in total. The fourth-order valence-corrected chi connectivity index (χ4v) is 4.19. The summed E-state index contributed by atoms with van der Waals surface area (Å²) in [6, 6.07) is 16.4. The molecule has 0 spiro atoms. The molecule has 3 aromatic rings. The number of aromatic nitrogens is 2. The maximum Gasteiger partial charge on any atom is 0.412 e. The lowest BCUT2D eigenvalue weighted by Gasteiger charge is -2.18. The zero-order valence-corrected chi connectivity index (χ0v) is 19.3. The molecule has 0 radical (unpaired) electrons. The standard InChI is InChI=1S/C25H26N4O6/c1-31-17-8-6-15(7-9-17)19-10-11-26-24(28-19)29-20-13-33-23-21(14-34-22(20)23)35-25(30)27-16-4-3-5-18(12-16)32-2/h3-12,20-23H,13-14H2,1-2H3,(H,27,30)(H,26,28,29)/t20-,21-,22-,23+/m1/s1. The van der Waals surface area contributed by atoms with Crippen LogP contribution in [0.15, 0.2) is 60.8 Å². The highest BCUT2D eigenvalue weighted by atomic mass is 16.6. The summed E-state index contributed by atoms with van der Waals surface area (Å²) in [5.41, 5.74) is 2.30. The third-order valence-electron chi connectivity index (χ3n) is 5.94. The molecule has 1 amide bonds. The Morgan fingerprint density at radius 2 is 1.77 bits per heavy atom. The maximum absolute atomic E-state index is 12.4. The highest BCUT2D eigenvalue weighted by molar-refractivity contribution is 5.85. The highest BCUT2D eigenvalue weighted by Crippen LogP contribution is 2.31. The number of nitrogens with zero attached hydrogens (tertiary/aromatic N) is 2. The maximum atomic E-state index is 12.4. The topological polar surface area (TPSA) is 113 Å². The van der Waals surface area contributed by atoms with Crippen LogP contribution in [0.1, 0.15) is 0 Å². The van der Waals surface area contributed by atoms with Gasteiger partial charge in [0, 0.05) is 23.5 Å². The quantitative estimate of drug-likeness (QED) is 0.528. The van der Waals surface area contributed by atoms with Crippen molar-refractivity contribution in [3.63, 3.8) is 0 Å². The van der Waals surface area contributed by atoms with E-state index < -0.39 is 12.2 Å². The first kappa shape index (κ1) is 22.9. The van der Waals surface area contributed by atoms with Crippen molar-refractivity contribution in [1.29, 1.82) is 0 Å². The van der Waals surface area contributed by atoms with Gasteiger partial charge >= 0.3 is 6.09 Å². The average Bonchev–Trinajstić information content (AvgIpc) is 3.47. The summed E-state index contributed by atoms with van der Waals surface area (Å²) < 4.78 is 27.8. The lowest BCUT2D eigenvalue weighted by Crippen LogP contribution is -2.38. The van der Waals surface area contributed by atoms with Crippen LogP contribution in [0.2, 0.25) is 0 Å². The molecule has 0 saturated carbocycles. The number of anilines is 2. The van der Waals surface area contributed by atoms with Crippen LogP contribution in [0.3, 0.4) is 0 Å². The minimum Gasteiger partial charge on any atom is -0.497 e. The molecule has 3 heterocycles. The summed E-state index contributed by atoms with van der Waals surface area (Å²) in [7, 11) is 3.20. The van der Waals surface area contributed by atoms with Crippen LogP contribution >= 0.6 is 0 Å². The second-order valence-corrected chi connectivity index (χ2v) is 8.14. The van der Waals surface area contributed by atoms with Gasteiger partial charge in [-0.3, -0.25) is 5.32 Å². The first-order chi connectivity index (χ1) is 17.1. The van der Waals surface area contributed by atoms with Crippen LogP contribution in [0.5, 0.6) is 11.5 Å². The number of nitrogens with one attached hydrogen (secondary N) is 2. The van der Waals surface area contributed by atoms with Crippen molar-refractivity contribution in [1.82, 2.24) is 9.97 Å². The number of carbonyl (C=O) groups excluding carboxylic acids is 1. The molecule has 5 rings (SSSR count). The first-order valence-electron chi connectivity index (χ1n) is 11.2. The fraction of sp³-hybridized carbons (Fsp3) is 0.320. The number of rotatable bonds is 7. The van der Waals surface area contributed by atoms with Crippen molar-refractivity contribution in [2.75, 3.05) is 38.1 Å². The summed E-state index contributed by atoms with van der Waals surface area (Å²) in [5, 5.41) is 6.01. The second kappa shape index (κ2) is 10.2. The lowest BCUT2D eigenvalue weighted by atomic mass is 10.1. The smallest absolute Gasteiger partial charge is 0.412 e. The zero-order chi connectivity index (χ0) is 24.2. The van der Waals surface area contributed by atoms with E-state index in [2.05, 4.69) is 20.6 Å². The summed E-state index contributed by atoms with van der Waals surface area (Å²) in [6.07, 6.45) is -0.0785. The van der Waals surface area contributed by atoms with Crippen molar-refractivity contribution in [3.05, 3.63) is 60.8 Å². The van der Waals surface area contributed by atoms with Gasteiger partial charge in [0.15, 0.2) is 6.10 Å². The SMILES string of the molecule is COc1ccc(-c2ccnc(N[C@@H]3CO[C@@H]4[C@@H]3OC[C@H]4OC(=O)Nc3cccc(OC)c3)n2)cc1. The lowest BCUT2D eigenvalue weighted by molar-refractivity contribution is 0.00917. The summed E-state index contributed by atoms with van der Waals surface area (Å²) in [5.74, 6) is 1.89. The first-order valence-corrected chi connectivity index (χ1v) is 11.2. The van der Waals surface area contributed by atoms with Gasteiger partial charge < -0.3 is 29.0 Å². The van der Waals surface area contributed by atoms with Crippen LogP contribution in [0.25, 0.3) is 11.3 Å². The van der Waals surface area contributed by atoms with E-state index >= 15 is 0 Å². The Morgan fingerprint density at radius 1 is 0.971 bits per heavy atom. The summed E-state index contributed by atoms with van der Waals surface area (Å²) in [6.45, 7) is 0.620. The van der Waals surface area contributed by atoms with Gasteiger partial charge in [-0.1, -0.05) is 6.07 Å². The predicted octanol–water partition coefficient (Wildman–Crippen LogP) is 3.36. The van der Waals surface area contributed by atoms with Crippen molar-refractivity contribution in [3.8, 4) is 22.8 Å². The monoisotopic (exact) mass is 478 g/mol. The van der Waals surface area contributed by atoms with Crippen LogP contribution in [0, 0.1) is 0 Å². The van der Waals surface area contributed by atoms with E-state index in [1.54, 1.807) is 44.7 Å². The van der Waals surface area contributed by atoms with E-state index in [0.717, 1.165) is 17.0 Å². The minimum absolute atomic E-state index is 0.179. The molecule has 35 heavy (non-hydrogen) atoms. The van der Waals surface area contributed by atoms with E-state index in [1.807, 2.05) is 30.3 Å². The van der Waals surface area contributed by atoms with Crippen LogP contribution in [0.4, 0.5) is 16.4 Å². The molecular weight excluding hydrogens is 452 g/mol. The van der Waals surface area contributed by atoms with Crippen LogP contribution in [-0.4, -0.2) is 67.8 Å². The van der Waals surface area contributed by atoms with Crippen LogP contribution in [-0.2, 0) is 14.2 Å². The Kier molecular flexibility index (Phi) is 6.64. The number of benzene rings is 2. The number of methoxy groups -OCH3 is 2. The summed E-state index contributed by atoms with van der Waals surface area (Å²) >= 11 is 0. The van der Waals surface area contributed by atoms with Crippen molar-refractivity contribution in [2.45, 2.75) is 24.4 Å². The van der Waals surface area contributed by atoms with Gasteiger partial charge in [-0.15, -0.1) is 0 Å². The average molecular weight is 479 g/mol. The largest absolute Gasteiger partial charge is 0.497 e. The van der Waals surface area contributed by atoms with Gasteiger partial charge in [-0.05, 0) is 42.5 Å². The van der Waals surface area contributed by atoms with Gasteiger partial charge in [0.05, 0.1) is 39.2 Å². The zero-order valence-electron chi connectivity index (χ0n) is 19.3. The predicted molar refractivity (Wildman–Crippen MR) is 128 cm³/mol. The number of fused-ring (bicyclic) bond motifs is 1. The van der Waals surface area contributed by atoms with E-state index in [0.29, 0.717) is 24.0 Å². The molecule has 2 aliphatic rings. The minimum atomic E-state index is -0.581. The number of hydrogen-bond acceptors (Lipinski definition) is 9. The van der Waals surface area contributed by atoms with Gasteiger partial charge in [0.1, 0.15) is 23.7 Å². The summed E-state index contributed by atoms with van der Waals surface area (Å²) in [4.78, 5) is 21.4. The number of amides is 1. The van der Waals surface area contributed by atoms with E-state index in [4.69, 9.17) is 23.7 Å². The second-order valence-electron chi connectivity index (χ2n) is 8.14. The van der Waals surface area contributed by atoms with E-state index in [-0.39, 0.29) is 24.9 Å². The van der Waals surface area contributed by atoms with Crippen LogP contribution < -0.4 is 20.1 Å². The highest BCUT2D eigenvalue weighted by Gasteiger charge is 2.49. The molecule has 4 atom stereocenters. The Bertz CT molecular complexity index is 1170. The molecular formula is C25H26N4O6. The molecule has 0 unspecified atom stereocenters. The molecule has 182 valence electrons. The molecule has 2 N–H and O–H groups in total. The third kappa shape index (κ3) is 5.13. The van der Waals surface area contributed by atoms with E-state index in [9.17, 15) is 4.79 Å². The Hall–Kier alpha value is -3.89. The molecule has 0 bridgehead atoms.